The summed E-state index contributed by atoms with van der Waals surface area (Å²) in [5.41, 5.74) is 1.01. The van der Waals surface area contributed by atoms with Gasteiger partial charge in [0.15, 0.2) is 0 Å². The van der Waals surface area contributed by atoms with Crippen molar-refractivity contribution in [2.75, 3.05) is 0 Å². The van der Waals surface area contributed by atoms with E-state index in [1.807, 2.05) is 0 Å². The maximum absolute atomic E-state index is 10.7. The maximum atomic E-state index is 10.7. The second kappa shape index (κ2) is 5.65. The van der Waals surface area contributed by atoms with Crippen molar-refractivity contribution in [1.82, 2.24) is 4.98 Å². The number of carbonyl (C=O) groups is 1. The molecule has 94 valence electrons. The molecule has 1 heterocycles. The zero-order chi connectivity index (χ0) is 13.7. The van der Waals surface area contributed by atoms with Crippen LogP contribution in [0.4, 0.5) is 0 Å². The topological polar surface area (TPSA) is 83.2 Å². The number of ether oxygens (including phenoxy) is 1. The van der Waals surface area contributed by atoms with Crippen molar-refractivity contribution in [1.29, 1.82) is 5.26 Å². The van der Waals surface area contributed by atoms with E-state index < -0.39 is 5.97 Å². The first kappa shape index (κ1) is 12.6. The zero-order valence-electron chi connectivity index (χ0n) is 9.91. The molecule has 0 spiro atoms. The summed E-state index contributed by atoms with van der Waals surface area (Å²) in [5, 5.41) is 17.3. The second-order valence-corrected chi connectivity index (χ2v) is 3.77. The first-order valence-corrected chi connectivity index (χ1v) is 5.52. The van der Waals surface area contributed by atoms with E-state index in [0.29, 0.717) is 18.1 Å². The summed E-state index contributed by atoms with van der Waals surface area (Å²) in [5.74, 6) is -0.129. The Bertz CT molecular complexity index is 613. The quantitative estimate of drug-likeness (QED) is 0.906. The van der Waals surface area contributed by atoms with E-state index in [4.69, 9.17) is 15.1 Å². The van der Waals surface area contributed by atoms with Crippen molar-refractivity contribution in [3.63, 3.8) is 0 Å². The molecular weight excluding hydrogens is 244 g/mol. The first-order chi connectivity index (χ1) is 9.19. The number of carboxylic acids is 1. The number of aromatic nitrogens is 1. The summed E-state index contributed by atoms with van der Waals surface area (Å²) in [7, 11) is 0. The average Bonchev–Trinajstić information content (AvgIpc) is 2.42. The molecule has 1 aromatic carbocycles. The fourth-order valence-electron chi connectivity index (χ4n) is 1.45. The van der Waals surface area contributed by atoms with Gasteiger partial charge in [-0.25, -0.2) is 9.78 Å². The Labute approximate surface area is 109 Å². The van der Waals surface area contributed by atoms with Gasteiger partial charge in [-0.1, -0.05) is 12.1 Å². The molecule has 0 fully saturated rings. The molecular formula is C14H10N2O3. The van der Waals surface area contributed by atoms with E-state index in [0.717, 1.165) is 5.56 Å². The lowest BCUT2D eigenvalue weighted by Gasteiger charge is -2.05. The van der Waals surface area contributed by atoms with Crippen LogP contribution >= 0.6 is 0 Å². The Morgan fingerprint density at radius 2 is 2.00 bits per heavy atom. The smallest absolute Gasteiger partial charge is 0.337 e. The van der Waals surface area contributed by atoms with Crippen LogP contribution in [0, 0.1) is 11.3 Å². The summed E-state index contributed by atoms with van der Waals surface area (Å²) >= 11 is 0. The molecule has 5 nitrogen and oxygen atoms in total. The molecule has 0 aliphatic heterocycles. The molecule has 0 aliphatic rings. The number of nitriles is 1. The lowest BCUT2D eigenvalue weighted by Crippen LogP contribution is -1.97. The molecule has 0 saturated carbocycles. The number of rotatable bonds is 4. The van der Waals surface area contributed by atoms with Crippen LogP contribution in [0.1, 0.15) is 15.9 Å². The molecule has 0 saturated heterocycles. The van der Waals surface area contributed by atoms with Crippen molar-refractivity contribution in [2.24, 2.45) is 0 Å². The molecule has 0 unspecified atom stereocenters. The summed E-state index contributed by atoms with van der Waals surface area (Å²) in [4.78, 5) is 14.6. The van der Waals surface area contributed by atoms with Crippen LogP contribution in [-0.2, 0) is 6.42 Å². The van der Waals surface area contributed by atoms with Gasteiger partial charge in [-0.3, -0.25) is 0 Å². The SMILES string of the molecule is N#CCc1ccc(Oc2ccc(C(=O)O)cn2)cc1. The summed E-state index contributed by atoms with van der Waals surface area (Å²) < 4.78 is 5.46. The number of hydrogen-bond acceptors (Lipinski definition) is 4. The molecule has 1 N–H and O–H groups in total. The summed E-state index contributed by atoms with van der Waals surface area (Å²) in [6.07, 6.45) is 1.59. The van der Waals surface area contributed by atoms with E-state index in [-0.39, 0.29) is 5.56 Å². The van der Waals surface area contributed by atoms with Crippen LogP contribution in [0.2, 0.25) is 0 Å². The number of pyridine rings is 1. The Balaban J connectivity index is 2.08. The molecule has 5 heteroatoms. The van der Waals surface area contributed by atoms with E-state index in [2.05, 4.69) is 11.1 Å². The van der Waals surface area contributed by atoms with Crippen molar-refractivity contribution >= 4 is 5.97 Å². The van der Waals surface area contributed by atoms with Gasteiger partial charge < -0.3 is 9.84 Å². The van der Waals surface area contributed by atoms with Gasteiger partial charge in [0.05, 0.1) is 18.1 Å². The van der Waals surface area contributed by atoms with Gasteiger partial charge in [-0.05, 0) is 23.8 Å². The second-order valence-electron chi connectivity index (χ2n) is 3.77. The molecule has 19 heavy (non-hydrogen) atoms. The van der Waals surface area contributed by atoms with E-state index in [1.165, 1.54) is 18.3 Å². The molecule has 1 aromatic heterocycles. The summed E-state index contributed by atoms with van der Waals surface area (Å²) in [6.45, 7) is 0. The third-order valence-electron chi connectivity index (χ3n) is 2.41. The van der Waals surface area contributed by atoms with Crippen LogP contribution in [0.3, 0.4) is 0 Å². The molecule has 0 amide bonds. The predicted octanol–water partition coefficient (Wildman–Crippen LogP) is 2.64. The van der Waals surface area contributed by atoms with Crippen LogP contribution in [-0.4, -0.2) is 16.1 Å². The van der Waals surface area contributed by atoms with Crippen molar-refractivity contribution in [3.8, 4) is 17.7 Å². The van der Waals surface area contributed by atoms with Crippen molar-refractivity contribution in [2.45, 2.75) is 6.42 Å². The van der Waals surface area contributed by atoms with Crippen LogP contribution in [0.15, 0.2) is 42.6 Å². The molecule has 2 aromatic rings. The molecule has 2 rings (SSSR count). The van der Waals surface area contributed by atoms with Crippen LogP contribution in [0.25, 0.3) is 0 Å². The minimum absolute atomic E-state index is 0.108. The third kappa shape index (κ3) is 3.30. The van der Waals surface area contributed by atoms with Gasteiger partial charge in [0.1, 0.15) is 5.75 Å². The Morgan fingerprint density at radius 3 is 2.53 bits per heavy atom. The van der Waals surface area contributed by atoms with E-state index in [1.54, 1.807) is 24.3 Å². The normalized spacial score (nSPS) is 9.63. The minimum Gasteiger partial charge on any atom is -0.478 e. The fourth-order valence-corrected chi connectivity index (χ4v) is 1.45. The zero-order valence-corrected chi connectivity index (χ0v) is 9.91. The van der Waals surface area contributed by atoms with E-state index in [9.17, 15) is 4.79 Å². The molecule has 0 radical (unpaired) electrons. The number of benzene rings is 1. The van der Waals surface area contributed by atoms with Gasteiger partial charge in [0, 0.05) is 12.3 Å². The highest BCUT2D eigenvalue weighted by molar-refractivity contribution is 5.87. The predicted molar refractivity (Wildman–Crippen MR) is 67.0 cm³/mol. The lowest BCUT2D eigenvalue weighted by atomic mass is 10.2. The first-order valence-electron chi connectivity index (χ1n) is 5.52. The molecule has 0 atom stereocenters. The van der Waals surface area contributed by atoms with Gasteiger partial charge >= 0.3 is 5.97 Å². The van der Waals surface area contributed by atoms with Crippen molar-refractivity contribution in [3.05, 3.63) is 53.7 Å². The standard InChI is InChI=1S/C14H10N2O3/c15-8-7-10-1-4-12(5-2-10)19-13-6-3-11(9-16-13)14(17)18/h1-6,9H,7H2,(H,17,18). The highest BCUT2D eigenvalue weighted by Crippen LogP contribution is 2.20. The number of carboxylic acid groups (broad SMARTS) is 1. The van der Waals surface area contributed by atoms with Gasteiger partial charge in [0.2, 0.25) is 5.88 Å². The minimum atomic E-state index is -1.03. The Morgan fingerprint density at radius 1 is 1.26 bits per heavy atom. The van der Waals surface area contributed by atoms with Gasteiger partial charge in [-0.15, -0.1) is 0 Å². The van der Waals surface area contributed by atoms with Crippen LogP contribution < -0.4 is 4.74 Å². The highest BCUT2D eigenvalue weighted by Gasteiger charge is 2.04. The molecule has 0 aliphatic carbocycles. The largest absolute Gasteiger partial charge is 0.478 e. The number of aromatic carboxylic acids is 1. The van der Waals surface area contributed by atoms with E-state index >= 15 is 0 Å². The van der Waals surface area contributed by atoms with Gasteiger partial charge in [0.25, 0.3) is 0 Å². The average molecular weight is 254 g/mol. The third-order valence-corrected chi connectivity index (χ3v) is 2.41. The summed E-state index contributed by atoms with van der Waals surface area (Å²) in [6, 6.07) is 12.0. The van der Waals surface area contributed by atoms with Gasteiger partial charge in [-0.2, -0.15) is 5.26 Å². The Kier molecular flexibility index (Phi) is 3.74. The Hall–Kier alpha value is -2.87. The monoisotopic (exact) mass is 254 g/mol. The maximum Gasteiger partial charge on any atom is 0.337 e. The molecule has 0 bridgehead atoms. The highest BCUT2D eigenvalue weighted by atomic mass is 16.5. The number of hydrogen-bond donors (Lipinski definition) is 1. The van der Waals surface area contributed by atoms with Crippen molar-refractivity contribution < 1.29 is 14.6 Å². The van der Waals surface area contributed by atoms with Crippen LogP contribution in [0.5, 0.6) is 11.6 Å². The lowest BCUT2D eigenvalue weighted by molar-refractivity contribution is 0.0696. The fraction of sp³-hybridized carbons (Fsp3) is 0.0714. The number of nitrogens with zero attached hydrogens (tertiary/aromatic N) is 2.